The van der Waals surface area contributed by atoms with Crippen molar-refractivity contribution in [1.82, 2.24) is 21.2 Å². The molecule has 0 saturated heterocycles. The Kier molecular flexibility index (Phi) is 4.85. The highest BCUT2D eigenvalue weighted by atomic mass is 16.2. The third-order valence-electron chi connectivity index (χ3n) is 8.54. The lowest BCUT2D eigenvalue weighted by Gasteiger charge is -2.57. The van der Waals surface area contributed by atoms with Crippen molar-refractivity contribution in [2.24, 2.45) is 17.8 Å². The lowest BCUT2D eigenvalue weighted by molar-refractivity contribution is -0.00454. The van der Waals surface area contributed by atoms with Crippen molar-refractivity contribution < 1.29 is 9.59 Å². The third-order valence-corrected chi connectivity index (χ3v) is 8.54. The number of nitrogens with zero attached hydrogens (tertiary/aromatic N) is 1. The molecule has 168 valence electrons. The van der Waals surface area contributed by atoms with E-state index in [9.17, 15) is 9.59 Å². The number of nitrogens with one attached hydrogen (secondary N) is 3. The first-order valence-corrected chi connectivity index (χ1v) is 12.4. The van der Waals surface area contributed by atoms with Crippen molar-refractivity contribution >= 4 is 22.8 Å². The minimum absolute atomic E-state index is 0.166. The van der Waals surface area contributed by atoms with E-state index in [1.807, 2.05) is 18.2 Å². The van der Waals surface area contributed by atoms with Crippen molar-refractivity contribution in [3.8, 4) is 0 Å². The Morgan fingerprint density at radius 3 is 2.25 bits per heavy atom. The Labute approximate surface area is 188 Å². The Balaban J connectivity index is 1.27. The Morgan fingerprint density at radius 1 is 0.906 bits per heavy atom. The number of aromatic nitrogens is 1. The second kappa shape index (κ2) is 7.75. The molecule has 1 aromatic carbocycles. The number of rotatable bonds is 3. The van der Waals surface area contributed by atoms with Crippen LogP contribution in [0.1, 0.15) is 80.3 Å². The highest BCUT2D eigenvalue weighted by Crippen LogP contribution is 2.61. The van der Waals surface area contributed by atoms with Crippen LogP contribution >= 0.6 is 0 Å². The number of pyridine rings is 1. The summed E-state index contributed by atoms with van der Waals surface area (Å²) in [5, 5.41) is 4.11. The molecule has 32 heavy (non-hydrogen) atoms. The number of hydrogen-bond donors (Lipinski definition) is 3. The van der Waals surface area contributed by atoms with Gasteiger partial charge in [0.25, 0.3) is 5.91 Å². The topological polar surface area (TPSA) is 83.1 Å². The fourth-order valence-electron chi connectivity index (χ4n) is 7.64. The Hall–Kier alpha value is -2.63. The van der Waals surface area contributed by atoms with E-state index in [0.29, 0.717) is 5.69 Å². The molecule has 3 N–H and O–H groups in total. The lowest BCUT2D eigenvalue weighted by atomic mass is 9.48. The molecule has 6 nitrogen and oxygen atoms in total. The van der Waals surface area contributed by atoms with Gasteiger partial charge in [0.1, 0.15) is 5.69 Å². The van der Waals surface area contributed by atoms with Crippen LogP contribution in [0.3, 0.4) is 0 Å². The minimum Gasteiger partial charge on any atom is -0.334 e. The maximum atomic E-state index is 13.0. The summed E-state index contributed by atoms with van der Waals surface area (Å²) in [7, 11) is 0. The number of fused-ring (bicyclic) bond motifs is 1. The number of carbonyl (C=O) groups excluding carboxylic acids is 2. The van der Waals surface area contributed by atoms with E-state index in [1.54, 1.807) is 0 Å². The van der Waals surface area contributed by atoms with Crippen LogP contribution in [-0.4, -0.2) is 23.0 Å². The van der Waals surface area contributed by atoms with Crippen LogP contribution < -0.4 is 16.2 Å². The normalized spacial score (nSPS) is 31.1. The molecule has 0 atom stereocenters. The zero-order chi connectivity index (χ0) is 21.7. The Morgan fingerprint density at radius 2 is 1.56 bits per heavy atom. The predicted molar refractivity (Wildman–Crippen MR) is 123 cm³/mol. The van der Waals surface area contributed by atoms with Gasteiger partial charge >= 0.3 is 6.03 Å². The molecule has 5 saturated carbocycles. The van der Waals surface area contributed by atoms with E-state index in [0.717, 1.165) is 49.0 Å². The van der Waals surface area contributed by atoms with Gasteiger partial charge in [0.15, 0.2) is 0 Å². The summed E-state index contributed by atoms with van der Waals surface area (Å²) in [6.45, 7) is 0. The van der Waals surface area contributed by atoms with E-state index < -0.39 is 0 Å². The largest absolute Gasteiger partial charge is 0.334 e. The maximum Gasteiger partial charge on any atom is 0.333 e. The first kappa shape index (κ1) is 20.0. The zero-order valence-corrected chi connectivity index (χ0v) is 18.5. The van der Waals surface area contributed by atoms with Gasteiger partial charge in [-0.2, -0.15) is 0 Å². The van der Waals surface area contributed by atoms with E-state index in [1.165, 1.54) is 49.5 Å². The van der Waals surface area contributed by atoms with Gasteiger partial charge in [-0.05, 0) is 92.2 Å². The quantitative estimate of drug-likeness (QED) is 0.621. The molecular formula is C26H32N4O2. The van der Waals surface area contributed by atoms with Crippen molar-refractivity contribution in [3.63, 3.8) is 0 Å². The molecule has 7 rings (SSSR count). The molecule has 4 bridgehead atoms. The number of carbonyl (C=O) groups is 2. The van der Waals surface area contributed by atoms with Gasteiger partial charge < -0.3 is 5.32 Å². The van der Waals surface area contributed by atoms with Gasteiger partial charge in [0.05, 0.1) is 5.52 Å². The van der Waals surface area contributed by atoms with E-state index >= 15 is 0 Å². The van der Waals surface area contributed by atoms with Gasteiger partial charge in [0, 0.05) is 11.4 Å². The summed E-state index contributed by atoms with van der Waals surface area (Å²) in [6.07, 6.45) is 12.1. The molecule has 0 spiro atoms. The van der Waals surface area contributed by atoms with Crippen LogP contribution in [0.25, 0.3) is 10.9 Å². The van der Waals surface area contributed by atoms with Crippen LogP contribution in [0.15, 0.2) is 30.3 Å². The van der Waals surface area contributed by atoms with Crippen molar-refractivity contribution in [2.75, 3.05) is 0 Å². The SMILES string of the molecule is O=C(NNC(=O)c1cc(C23CC4CC(CC(C4)C2)C3)c2ccccc2n1)NC1CCCC1. The fraction of sp³-hybridized carbons (Fsp3) is 0.577. The maximum absolute atomic E-state index is 13.0. The standard InChI is InChI=1S/C26H32N4O2/c31-24(29-30-25(32)27-19-5-1-2-6-19)23-12-21(20-7-3-4-8-22(20)28-23)26-13-16-9-17(14-26)11-18(10-16)15-26/h3-4,7-8,12,16-19H,1-2,5-6,9-11,13-15H2,(H,29,31)(H2,27,30,32). The number of urea groups is 1. The third kappa shape index (κ3) is 3.54. The molecule has 2 aromatic rings. The Bertz CT molecular complexity index is 1020. The van der Waals surface area contributed by atoms with Gasteiger partial charge in [-0.1, -0.05) is 31.0 Å². The number of hydrazine groups is 1. The van der Waals surface area contributed by atoms with Crippen LogP contribution in [0.5, 0.6) is 0 Å². The summed E-state index contributed by atoms with van der Waals surface area (Å²) in [6, 6.07) is 10.1. The molecule has 0 radical (unpaired) electrons. The highest BCUT2D eigenvalue weighted by Gasteiger charge is 2.52. The van der Waals surface area contributed by atoms with E-state index in [4.69, 9.17) is 0 Å². The average Bonchev–Trinajstić information content (AvgIpc) is 3.28. The second-order valence-electron chi connectivity index (χ2n) is 10.8. The number of amides is 3. The van der Waals surface area contributed by atoms with Gasteiger partial charge in [0.2, 0.25) is 0 Å². The van der Waals surface area contributed by atoms with Crippen molar-refractivity contribution in [1.29, 1.82) is 0 Å². The molecule has 0 unspecified atom stereocenters. The van der Waals surface area contributed by atoms with Crippen LogP contribution in [0.2, 0.25) is 0 Å². The fourth-order valence-corrected chi connectivity index (χ4v) is 7.64. The van der Waals surface area contributed by atoms with Crippen LogP contribution in [-0.2, 0) is 5.41 Å². The average molecular weight is 433 g/mol. The summed E-state index contributed by atoms with van der Waals surface area (Å²) < 4.78 is 0. The van der Waals surface area contributed by atoms with E-state index in [2.05, 4.69) is 33.3 Å². The van der Waals surface area contributed by atoms with E-state index in [-0.39, 0.29) is 23.4 Å². The first-order chi connectivity index (χ1) is 15.6. The van der Waals surface area contributed by atoms with Gasteiger partial charge in [-0.25, -0.2) is 15.2 Å². The highest BCUT2D eigenvalue weighted by molar-refractivity contribution is 5.97. The molecule has 5 aliphatic carbocycles. The number of hydrogen-bond acceptors (Lipinski definition) is 3. The lowest BCUT2D eigenvalue weighted by Crippen LogP contribution is -2.50. The predicted octanol–water partition coefficient (Wildman–Crippen LogP) is 4.59. The van der Waals surface area contributed by atoms with Gasteiger partial charge in [-0.15, -0.1) is 0 Å². The van der Waals surface area contributed by atoms with Crippen LogP contribution in [0.4, 0.5) is 4.79 Å². The molecule has 1 aromatic heterocycles. The first-order valence-electron chi connectivity index (χ1n) is 12.4. The molecule has 0 aliphatic heterocycles. The zero-order valence-electron chi connectivity index (χ0n) is 18.5. The molecule has 5 fully saturated rings. The number of para-hydroxylation sites is 1. The molecule has 3 amide bonds. The molecule has 5 aliphatic rings. The monoisotopic (exact) mass is 432 g/mol. The molecular weight excluding hydrogens is 400 g/mol. The van der Waals surface area contributed by atoms with Crippen molar-refractivity contribution in [2.45, 2.75) is 75.7 Å². The summed E-state index contributed by atoms with van der Waals surface area (Å²) in [4.78, 5) is 29.8. The van der Waals surface area contributed by atoms with Crippen molar-refractivity contribution in [3.05, 3.63) is 41.6 Å². The smallest absolute Gasteiger partial charge is 0.333 e. The minimum atomic E-state index is -0.358. The molecule has 1 heterocycles. The summed E-state index contributed by atoms with van der Waals surface area (Å²) in [5.41, 5.74) is 7.80. The molecule has 6 heteroatoms. The second-order valence-corrected chi connectivity index (χ2v) is 10.8. The summed E-state index contributed by atoms with van der Waals surface area (Å²) in [5.74, 6) is 2.12. The summed E-state index contributed by atoms with van der Waals surface area (Å²) >= 11 is 0. The number of benzene rings is 1. The van der Waals surface area contributed by atoms with Crippen LogP contribution in [0, 0.1) is 17.8 Å². The van der Waals surface area contributed by atoms with Gasteiger partial charge in [-0.3, -0.25) is 10.2 Å².